The normalized spacial score (nSPS) is 13.9. The van der Waals surface area contributed by atoms with Gasteiger partial charge in [0.2, 0.25) is 0 Å². The van der Waals surface area contributed by atoms with Gasteiger partial charge in [0.05, 0.1) is 13.7 Å². The fourth-order valence-corrected chi connectivity index (χ4v) is 1.91. The zero-order valence-corrected chi connectivity index (χ0v) is 12.3. The smallest absolute Gasteiger partial charge is 0.164 e. The zero-order valence-electron chi connectivity index (χ0n) is 12.3. The van der Waals surface area contributed by atoms with Gasteiger partial charge in [0.1, 0.15) is 6.10 Å². The van der Waals surface area contributed by atoms with Crippen LogP contribution in [0.1, 0.15) is 25.8 Å². The summed E-state index contributed by atoms with van der Waals surface area (Å²) in [6.45, 7) is 4.59. The Morgan fingerprint density at radius 1 is 1.26 bits per heavy atom. The van der Waals surface area contributed by atoms with Crippen molar-refractivity contribution in [2.75, 3.05) is 20.8 Å². The molecule has 0 saturated carbocycles. The summed E-state index contributed by atoms with van der Waals surface area (Å²) in [6.07, 6.45) is 1.69. The van der Waals surface area contributed by atoms with Crippen molar-refractivity contribution in [1.82, 2.24) is 0 Å². The molecule has 0 heterocycles. The molecule has 0 saturated heterocycles. The maximum Gasteiger partial charge on any atom is 0.164 e. The van der Waals surface area contributed by atoms with E-state index in [0.717, 1.165) is 29.9 Å². The van der Waals surface area contributed by atoms with E-state index in [0.29, 0.717) is 6.61 Å². The lowest BCUT2D eigenvalue weighted by molar-refractivity contribution is 0.0892. The van der Waals surface area contributed by atoms with E-state index in [9.17, 15) is 0 Å². The molecule has 0 radical (unpaired) electrons. The van der Waals surface area contributed by atoms with Crippen LogP contribution in [0.5, 0.6) is 11.5 Å². The quantitative estimate of drug-likeness (QED) is 0.785. The molecule has 0 aliphatic heterocycles. The van der Waals surface area contributed by atoms with Gasteiger partial charge in [-0.25, -0.2) is 0 Å². The Balaban J connectivity index is 2.95. The van der Waals surface area contributed by atoms with Crippen molar-refractivity contribution in [2.45, 2.75) is 38.8 Å². The highest BCUT2D eigenvalue weighted by molar-refractivity contribution is 5.47. The third kappa shape index (κ3) is 4.73. The molecule has 1 aromatic carbocycles. The number of methoxy groups -OCH3 is 2. The van der Waals surface area contributed by atoms with E-state index in [2.05, 4.69) is 6.92 Å². The number of hydrogen-bond acceptors (Lipinski definition) is 4. The first-order valence-electron chi connectivity index (χ1n) is 6.69. The summed E-state index contributed by atoms with van der Waals surface area (Å²) in [4.78, 5) is 0. The molecule has 0 aromatic heterocycles. The van der Waals surface area contributed by atoms with Gasteiger partial charge in [-0.2, -0.15) is 0 Å². The Morgan fingerprint density at radius 3 is 2.58 bits per heavy atom. The van der Waals surface area contributed by atoms with Gasteiger partial charge in [0.15, 0.2) is 11.5 Å². The van der Waals surface area contributed by atoms with E-state index < -0.39 is 0 Å². The highest BCUT2D eigenvalue weighted by Crippen LogP contribution is 2.32. The van der Waals surface area contributed by atoms with Crippen LogP contribution in [-0.4, -0.2) is 33.0 Å². The maximum atomic E-state index is 6.03. The average molecular weight is 267 g/mol. The van der Waals surface area contributed by atoms with Gasteiger partial charge in [-0.1, -0.05) is 19.1 Å². The monoisotopic (exact) mass is 267 g/mol. The van der Waals surface area contributed by atoms with Crippen LogP contribution < -0.4 is 15.2 Å². The van der Waals surface area contributed by atoms with Crippen LogP contribution >= 0.6 is 0 Å². The molecule has 1 aromatic rings. The minimum Gasteiger partial charge on any atom is -0.493 e. The number of nitrogens with two attached hydrogens (primary N) is 1. The second kappa shape index (κ2) is 8.02. The van der Waals surface area contributed by atoms with Gasteiger partial charge in [-0.3, -0.25) is 0 Å². The number of para-hydroxylation sites is 1. The maximum absolute atomic E-state index is 6.03. The van der Waals surface area contributed by atoms with Crippen LogP contribution in [-0.2, 0) is 11.2 Å². The molecular weight excluding hydrogens is 242 g/mol. The standard InChI is InChI=1S/C15H25NO3/c1-5-13(16)9-12-7-6-8-14(18-4)15(12)19-11(2)10-17-3/h6-8,11,13H,5,9-10,16H2,1-4H3. The van der Waals surface area contributed by atoms with Gasteiger partial charge in [-0.15, -0.1) is 0 Å². The van der Waals surface area contributed by atoms with Crippen molar-refractivity contribution >= 4 is 0 Å². The van der Waals surface area contributed by atoms with Gasteiger partial charge < -0.3 is 19.9 Å². The molecule has 19 heavy (non-hydrogen) atoms. The summed E-state index contributed by atoms with van der Waals surface area (Å²) in [5.74, 6) is 1.52. The third-order valence-electron chi connectivity index (χ3n) is 3.01. The summed E-state index contributed by atoms with van der Waals surface area (Å²) in [5.41, 5.74) is 7.11. The van der Waals surface area contributed by atoms with E-state index in [1.165, 1.54) is 0 Å². The van der Waals surface area contributed by atoms with Crippen molar-refractivity contribution in [3.8, 4) is 11.5 Å². The summed E-state index contributed by atoms with van der Waals surface area (Å²) in [7, 11) is 3.31. The third-order valence-corrected chi connectivity index (χ3v) is 3.01. The summed E-state index contributed by atoms with van der Waals surface area (Å²) < 4.78 is 16.4. The summed E-state index contributed by atoms with van der Waals surface area (Å²) in [5, 5.41) is 0. The molecule has 4 nitrogen and oxygen atoms in total. The highest BCUT2D eigenvalue weighted by atomic mass is 16.5. The fraction of sp³-hybridized carbons (Fsp3) is 0.600. The van der Waals surface area contributed by atoms with Crippen LogP contribution in [0.4, 0.5) is 0 Å². The molecule has 1 rings (SSSR count). The lowest BCUT2D eigenvalue weighted by Crippen LogP contribution is -2.23. The minimum absolute atomic E-state index is 0.0297. The van der Waals surface area contributed by atoms with Crippen molar-refractivity contribution in [1.29, 1.82) is 0 Å². The predicted molar refractivity (Wildman–Crippen MR) is 76.9 cm³/mol. The highest BCUT2D eigenvalue weighted by Gasteiger charge is 2.15. The first-order valence-corrected chi connectivity index (χ1v) is 6.69. The fourth-order valence-electron chi connectivity index (χ4n) is 1.91. The van der Waals surface area contributed by atoms with E-state index in [4.69, 9.17) is 19.9 Å². The molecular formula is C15H25NO3. The Labute approximate surface area is 115 Å². The largest absolute Gasteiger partial charge is 0.493 e. The average Bonchev–Trinajstić information content (AvgIpc) is 2.40. The van der Waals surface area contributed by atoms with Crippen LogP contribution in [0.25, 0.3) is 0 Å². The first kappa shape index (κ1) is 15.8. The minimum atomic E-state index is -0.0297. The van der Waals surface area contributed by atoms with Gasteiger partial charge in [0.25, 0.3) is 0 Å². The molecule has 0 aliphatic carbocycles. The number of hydrogen-bond donors (Lipinski definition) is 1. The van der Waals surface area contributed by atoms with Gasteiger partial charge in [-0.05, 0) is 31.4 Å². The second-order valence-corrected chi connectivity index (χ2v) is 4.70. The second-order valence-electron chi connectivity index (χ2n) is 4.70. The topological polar surface area (TPSA) is 53.7 Å². The predicted octanol–water partition coefficient (Wildman–Crippen LogP) is 2.39. The van der Waals surface area contributed by atoms with Crippen LogP contribution in [0.2, 0.25) is 0 Å². The molecule has 0 amide bonds. The van der Waals surface area contributed by atoms with Crippen LogP contribution in [0.3, 0.4) is 0 Å². The lowest BCUT2D eigenvalue weighted by Gasteiger charge is -2.20. The summed E-state index contributed by atoms with van der Waals surface area (Å²) in [6, 6.07) is 6.03. The van der Waals surface area contributed by atoms with Crippen LogP contribution in [0.15, 0.2) is 18.2 Å². The Kier molecular flexibility index (Phi) is 6.67. The SMILES string of the molecule is CCC(N)Cc1cccc(OC)c1OC(C)COC. The Bertz CT molecular complexity index is 382. The lowest BCUT2D eigenvalue weighted by atomic mass is 10.0. The molecule has 0 bridgehead atoms. The van der Waals surface area contributed by atoms with E-state index in [1.54, 1.807) is 14.2 Å². The van der Waals surface area contributed by atoms with E-state index in [1.807, 2.05) is 25.1 Å². The molecule has 0 aliphatic rings. The molecule has 0 fully saturated rings. The van der Waals surface area contributed by atoms with Gasteiger partial charge in [0, 0.05) is 13.2 Å². The number of ether oxygens (including phenoxy) is 3. The van der Waals surface area contributed by atoms with Crippen molar-refractivity contribution in [3.05, 3.63) is 23.8 Å². The molecule has 2 atom stereocenters. The zero-order chi connectivity index (χ0) is 14.3. The van der Waals surface area contributed by atoms with E-state index in [-0.39, 0.29) is 12.1 Å². The Morgan fingerprint density at radius 2 is 2.00 bits per heavy atom. The molecule has 0 spiro atoms. The molecule has 4 heteroatoms. The number of benzene rings is 1. The van der Waals surface area contributed by atoms with E-state index >= 15 is 0 Å². The van der Waals surface area contributed by atoms with Crippen molar-refractivity contribution < 1.29 is 14.2 Å². The number of rotatable bonds is 8. The first-order chi connectivity index (χ1) is 9.12. The molecule has 2 unspecified atom stereocenters. The Hall–Kier alpha value is -1.26. The van der Waals surface area contributed by atoms with Crippen LogP contribution in [0, 0.1) is 0 Å². The van der Waals surface area contributed by atoms with Crippen molar-refractivity contribution in [2.24, 2.45) is 5.73 Å². The molecule has 2 N–H and O–H groups in total. The summed E-state index contributed by atoms with van der Waals surface area (Å²) >= 11 is 0. The van der Waals surface area contributed by atoms with Gasteiger partial charge >= 0.3 is 0 Å². The molecule has 108 valence electrons. The van der Waals surface area contributed by atoms with Crippen molar-refractivity contribution in [3.63, 3.8) is 0 Å².